The number of carbonyl (C=O) groups is 2. The van der Waals surface area contributed by atoms with E-state index in [1.165, 1.54) is 13.2 Å². The lowest BCUT2D eigenvalue weighted by Gasteiger charge is -2.14. The summed E-state index contributed by atoms with van der Waals surface area (Å²) in [6.45, 7) is 6.83. The van der Waals surface area contributed by atoms with Crippen molar-refractivity contribution in [3.63, 3.8) is 0 Å². The normalized spacial score (nSPS) is 12.0. The molecule has 2 heterocycles. The molecule has 0 bridgehead atoms. The van der Waals surface area contributed by atoms with E-state index in [1.807, 2.05) is 6.92 Å². The average Bonchev–Trinajstić information content (AvgIpc) is 2.94. The van der Waals surface area contributed by atoms with Crippen LogP contribution >= 0.6 is 0 Å². The summed E-state index contributed by atoms with van der Waals surface area (Å²) in [4.78, 5) is 39.3. The number of ketones is 1. The number of esters is 1. The molecule has 28 heavy (non-hydrogen) atoms. The lowest BCUT2D eigenvalue weighted by atomic mass is 10.1. The van der Waals surface area contributed by atoms with Crippen molar-refractivity contribution in [3.05, 3.63) is 62.8 Å². The second-order valence-electron chi connectivity index (χ2n) is 6.65. The van der Waals surface area contributed by atoms with Gasteiger partial charge < -0.3 is 18.9 Å². The number of carbonyl (C=O) groups excluding carboxylic acids is 2. The maximum absolute atomic E-state index is 12.8. The van der Waals surface area contributed by atoms with Crippen LogP contribution in [-0.2, 0) is 4.74 Å². The van der Waals surface area contributed by atoms with Crippen LogP contribution < -0.4 is 10.4 Å². The largest absolute Gasteiger partial charge is 0.482 e. The third-order valence-electron chi connectivity index (χ3n) is 4.68. The summed E-state index contributed by atoms with van der Waals surface area (Å²) in [5, 5.41) is 0.796. The van der Waals surface area contributed by atoms with Gasteiger partial charge in [-0.2, -0.15) is 0 Å². The van der Waals surface area contributed by atoms with E-state index in [4.69, 9.17) is 13.9 Å². The second kappa shape index (κ2) is 7.34. The predicted molar refractivity (Wildman–Crippen MR) is 103 cm³/mol. The maximum atomic E-state index is 12.8. The first-order chi connectivity index (χ1) is 13.2. The second-order valence-corrected chi connectivity index (χ2v) is 6.65. The van der Waals surface area contributed by atoms with Gasteiger partial charge >= 0.3 is 11.6 Å². The number of aromatic amines is 1. The minimum Gasteiger partial charge on any atom is -0.482 e. The number of aromatic nitrogens is 1. The molecule has 1 aromatic carbocycles. The molecule has 7 heteroatoms. The molecule has 7 nitrogen and oxygen atoms in total. The Morgan fingerprint density at radius 1 is 1.14 bits per heavy atom. The van der Waals surface area contributed by atoms with Crippen LogP contribution in [0.3, 0.4) is 0 Å². The van der Waals surface area contributed by atoms with Gasteiger partial charge in [0.2, 0.25) is 5.78 Å². The SMILES string of the molecule is COC(=O)c1c(C)[nH]c(C(=O)C(C)Oc2ccc3c(C)cc(=O)oc3c2)c1C. The Morgan fingerprint density at radius 2 is 1.86 bits per heavy atom. The quantitative estimate of drug-likeness (QED) is 0.411. The van der Waals surface area contributed by atoms with E-state index < -0.39 is 17.7 Å². The molecule has 2 aromatic heterocycles. The van der Waals surface area contributed by atoms with Gasteiger partial charge in [-0.15, -0.1) is 0 Å². The molecule has 0 saturated carbocycles. The Morgan fingerprint density at radius 3 is 2.54 bits per heavy atom. The van der Waals surface area contributed by atoms with E-state index >= 15 is 0 Å². The molecule has 0 fully saturated rings. The number of fused-ring (bicyclic) bond motifs is 1. The molecular formula is C21H21NO6. The fourth-order valence-electron chi connectivity index (χ4n) is 3.24. The van der Waals surface area contributed by atoms with Gasteiger partial charge in [-0.1, -0.05) is 0 Å². The highest BCUT2D eigenvalue weighted by molar-refractivity contribution is 6.03. The van der Waals surface area contributed by atoms with Gasteiger partial charge in [0, 0.05) is 23.2 Å². The number of H-pyrrole nitrogens is 1. The third-order valence-corrected chi connectivity index (χ3v) is 4.68. The van der Waals surface area contributed by atoms with E-state index in [1.54, 1.807) is 39.0 Å². The molecule has 0 amide bonds. The molecular weight excluding hydrogens is 362 g/mol. The third kappa shape index (κ3) is 3.43. The van der Waals surface area contributed by atoms with Gasteiger partial charge in [0.25, 0.3) is 0 Å². The predicted octanol–water partition coefficient (Wildman–Crippen LogP) is 3.48. The van der Waals surface area contributed by atoms with Crippen LogP contribution in [-0.4, -0.2) is 30.0 Å². The van der Waals surface area contributed by atoms with Gasteiger partial charge in [0.1, 0.15) is 11.3 Å². The maximum Gasteiger partial charge on any atom is 0.339 e. The van der Waals surface area contributed by atoms with E-state index in [-0.39, 0.29) is 5.78 Å². The standard InChI is InChI=1S/C21H21NO6/c1-10-8-17(23)28-16-9-14(6-7-15(10)16)27-13(4)20(24)19-11(2)18(12(3)22-19)21(25)26-5/h6-9,13,22H,1-5H3. The number of hydrogen-bond donors (Lipinski definition) is 1. The van der Waals surface area contributed by atoms with E-state index in [2.05, 4.69) is 4.98 Å². The van der Waals surface area contributed by atoms with Crippen LogP contribution in [0.2, 0.25) is 0 Å². The van der Waals surface area contributed by atoms with E-state index in [9.17, 15) is 14.4 Å². The zero-order valence-electron chi connectivity index (χ0n) is 16.3. The Labute approximate surface area is 161 Å². The van der Waals surface area contributed by atoms with Crippen molar-refractivity contribution >= 4 is 22.7 Å². The molecule has 0 aliphatic rings. The number of aryl methyl sites for hydroxylation is 2. The first-order valence-electron chi connectivity index (χ1n) is 8.75. The monoisotopic (exact) mass is 383 g/mol. The molecule has 0 radical (unpaired) electrons. The number of Topliss-reactive ketones (excluding diaryl/α,β-unsaturated/α-hetero) is 1. The zero-order valence-corrected chi connectivity index (χ0v) is 16.3. The summed E-state index contributed by atoms with van der Waals surface area (Å²) in [5.41, 5.74) is 2.47. The molecule has 1 unspecified atom stereocenters. The molecule has 0 saturated heterocycles. The number of benzene rings is 1. The van der Waals surface area contributed by atoms with Crippen LogP contribution in [0.1, 0.15) is 44.6 Å². The van der Waals surface area contributed by atoms with Gasteiger partial charge in [0.05, 0.1) is 18.4 Å². The number of nitrogens with one attached hydrogen (secondary N) is 1. The van der Waals surface area contributed by atoms with Gasteiger partial charge in [-0.25, -0.2) is 9.59 Å². The van der Waals surface area contributed by atoms with Crippen LogP contribution in [0, 0.1) is 20.8 Å². The summed E-state index contributed by atoms with van der Waals surface area (Å²) in [6, 6.07) is 6.50. The molecule has 146 valence electrons. The fourth-order valence-corrected chi connectivity index (χ4v) is 3.24. The Balaban J connectivity index is 1.88. The summed E-state index contributed by atoms with van der Waals surface area (Å²) in [7, 11) is 1.29. The smallest absolute Gasteiger partial charge is 0.339 e. The topological polar surface area (TPSA) is 98.6 Å². The lowest BCUT2D eigenvalue weighted by molar-refractivity contribution is 0.0599. The van der Waals surface area contributed by atoms with Crippen molar-refractivity contribution in [1.82, 2.24) is 4.98 Å². The van der Waals surface area contributed by atoms with Crippen molar-refractivity contribution in [2.24, 2.45) is 0 Å². The summed E-state index contributed by atoms with van der Waals surface area (Å²) >= 11 is 0. The van der Waals surface area contributed by atoms with Crippen molar-refractivity contribution in [2.75, 3.05) is 7.11 Å². The Bertz CT molecular complexity index is 1140. The number of hydrogen-bond acceptors (Lipinski definition) is 6. The summed E-state index contributed by atoms with van der Waals surface area (Å²) in [6.07, 6.45) is -0.823. The molecule has 0 aliphatic heterocycles. The first kappa shape index (κ1) is 19.4. The minimum atomic E-state index is -0.823. The van der Waals surface area contributed by atoms with Crippen molar-refractivity contribution < 1.29 is 23.5 Å². The lowest BCUT2D eigenvalue weighted by Crippen LogP contribution is -2.25. The van der Waals surface area contributed by atoms with Crippen LogP contribution in [0.15, 0.2) is 33.5 Å². The van der Waals surface area contributed by atoms with Crippen LogP contribution in [0.4, 0.5) is 0 Å². The highest BCUT2D eigenvalue weighted by Crippen LogP contribution is 2.25. The molecule has 1 atom stereocenters. The van der Waals surface area contributed by atoms with Crippen LogP contribution in [0.25, 0.3) is 11.0 Å². The first-order valence-corrected chi connectivity index (χ1v) is 8.75. The number of methoxy groups -OCH3 is 1. The molecule has 3 rings (SSSR count). The molecule has 3 aromatic rings. The van der Waals surface area contributed by atoms with Gasteiger partial charge in [-0.05, 0) is 51.0 Å². The van der Waals surface area contributed by atoms with E-state index in [0.29, 0.717) is 33.8 Å². The minimum absolute atomic E-state index is 0.300. The molecule has 1 N–H and O–H groups in total. The van der Waals surface area contributed by atoms with E-state index in [0.717, 1.165) is 10.9 Å². The number of rotatable bonds is 5. The molecule has 0 aliphatic carbocycles. The van der Waals surface area contributed by atoms with Gasteiger partial charge in [0.15, 0.2) is 6.10 Å². The Hall–Kier alpha value is -3.35. The summed E-state index contributed by atoms with van der Waals surface area (Å²) in [5.74, 6) is -0.406. The number of ether oxygens (including phenoxy) is 2. The average molecular weight is 383 g/mol. The molecule has 0 spiro atoms. The van der Waals surface area contributed by atoms with Crippen LogP contribution in [0.5, 0.6) is 5.75 Å². The zero-order chi connectivity index (χ0) is 20.6. The van der Waals surface area contributed by atoms with Crippen molar-refractivity contribution in [3.8, 4) is 5.75 Å². The van der Waals surface area contributed by atoms with Gasteiger partial charge in [-0.3, -0.25) is 4.79 Å². The highest BCUT2D eigenvalue weighted by atomic mass is 16.5. The highest BCUT2D eigenvalue weighted by Gasteiger charge is 2.26. The van der Waals surface area contributed by atoms with Crippen molar-refractivity contribution in [2.45, 2.75) is 33.8 Å². The summed E-state index contributed by atoms with van der Waals surface area (Å²) < 4.78 is 15.7. The fraction of sp³-hybridized carbons (Fsp3) is 0.286. The Kier molecular flexibility index (Phi) is 5.09. The van der Waals surface area contributed by atoms with Crippen molar-refractivity contribution in [1.29, 1.82) is 0 Å².